The quantitative estimate of drug-likeness (QED) is 0.581. The number of rotatable bonds is 2. The van der Waals surface area contributed by atoms with Gasteiger partial charge < -0.3 is 4.74 Å². The third-order valence-corrected chi connectivity index (χ3v) is 2.59. The molecule has 1 aliphatic carbocycles. The number of hydrogen-bond donors (Lipinski definition) is 0. The van der Waals surface area contributed by atoms with Crippen LogP contribution in [0.2, 0.25) is 0 Å². The average Bonchev–Trinajstić information content (AvgIpc) is 2.36. The zero-order chi connectivity index (χ0) is 11.8. The average molecular weight is 339 g/mol. The van der Waals surface area contributed by atoms with Crippen LogP contribution in [-0.2, 0) is 16.3 Å². The summed E-state index contributed by atoms with van der Waals surface area (Å²) in [6, 6.07) is 7.16. The Morgan fingerprint density at radius 2 is 1.94 bits per heavy atom. The molecule has 1 aromatic carbocycles. The molecule has 4 heteroatoms. The van der Waals surface area contributed by atoms with Gasteiger partial charge in [-0.15, -0.1) is 24.3 Å². The molecule has 1 saturated carbocycles. The van der Waals surface area contributed by atoms with Crippen LogP contribution in [-0.4, -0.2) is 6.10 Å². The van der Waals surface area contributed by atoms with E-state index in [-0.39, 0.29) is 5.82 Å². The van der Waals surface area contributed by atoms with Crippen molar-refractivity contribution in [2.24, 2.45) is 0 Å². The number of halogens is 2. The summed E-state index contributed by atoms with van der Waals surface area (Å²) in [7, 11) is 0. The van der Waals surface area contributed by atoms with Gasteiger partial charge in [0.1, 0.15) is 0 Å². The molecular formula is C12H14BrFOZn. The SMILES string of the molecule is Fc1c[c-]c(OC2CCCCC2)cc1.[Zn+][Br]. The van der Waals surface area contributed by atoms with E-state index in [1.807, 2.05) is 0 Å². The standard InChI is InChI=1S/C12H14FO.BrH.Zn/c13-10-6-8-12(9-7-10)14-11-4-2-1-3-5-11;;/h6-8,11H,1-5H2;1H;/q-1;;+2/p-1. The normalized spacial score (nSPS) is 16.2. The van der Waals surface area contributed by atoms with Crippen LogP contribution < -0.4 is 4.74 Å². The number of hydrogen-bond acceptors (Lipinski definition) is 1. The molecule has 0 saturated heterocycles. The van der Waals surface area contributed by atoms with E-state index >= 15 is 0 Å². The molecule has 0 aromatic heterocycles. The van der Waals surface area contributed by atoms with Crippen molar-refractivity contribution in [1.82, 2.24) is 0 Å². The van der Waals surface area contributed by atoms with Crippen LogP contribution in [0, 0.1) is 11.9 Å². The maximum absolute atomic E-state index is 12.6. The van der Waals surface area contributed by atoms with Gasteiger partial charge in [-0.25, -0.2) is 0 Å². The summed E-state index contributed by atoms with van der Waals surface area (Å²) in [4.78, 5) is 0. The summed E-state index contributed by atoms with van der Waals surface area (Å²) in [6.07, 6.45) is 6.34. The Kier molecular flexibility index (Phi) is 7.22. The van der Waals surface area contributed by atoms with Gasteiger partial charge in [0, 0.05) is 11.6 Å². The molecule has 0 N–H and O–H groups in total. The molecule has 1 aliphatic rings. The van der Waals surface area contributed by atoms with Crippen molar-refractivity contribution in [1.29, 1.82) is 0 Å². The second-order valence-corrected chi connectivity index (χ2v) is 3.75. The number of benzene rings is 1. The van der Waals surface area contributed by atoms with Gasteiger partial charge in [-0.1, -0.05) is 6.42 Å². The molecule has 0 radical (unpaired) electrons. The van der Waals surface area contributed by atoms with Crippen LogP contribution >= 0.6 is 13.6 Å². The Balaban J connectivity index is 0.000000606. The van der Waals surface area contributed by atoms with Gasteiger partial charge in [-0.05, 0) is 25.7 Å². The van der Waals surface area contributed by atoms with Gasteiger partial charge in [-0.3, -0.25) is 4.39 Å². The number of ether oxygens (including phenoxy) is 1. The fourth-order valence-corrected chi connectivity index (χ4v) is 1.83. The molecule has 16 heavy (non-hydrogen) atoms. The van der Waals surface area contributed by atoms with Crippen molar-refractivity contribution in [3.63, 3.8) is 0 Å². The third kappa shape index (κ3) is 4.92. The van der Waals surface area contributed by atoms with Gasteiger partial charge in [0.2, 0.25) is 0 Å². The molecule has 84 valence electrons. The van der Waals surface area contributed by atoms with E-state index in [1.165, 1.54) is 47.7 Å². The van der Waals surface area contributed by atoms with Crippen LogP contribution in [0.4, 0.5) is 4.39 Å². The monoisotopic (exact) mass is 336 g/mol. The van der Waals surface area contributed by atoms with E-state index in [1.54, 1.807) is 6.07 Å². The van der Waals surface area contributed by atoms with Crippen molar-refractivity contribution in [3.8, 4) is 5.75 Å². The van der Waals surface area contributed by atoms with Crippen LogP contribution in [0.15, 0.2) is 18.2 Å². The molecule has 1 nitrogen and oxygen atoms in total. The zero-order valence-electron chi connectivity index (χ0n) is 9.22. The molecule has 1 fully saturated rings. The summed E-state index contributed by atoms with van der Waals surface area (Å²) in [5.41, 5.74) is 0. The topological polar surface area (TPSA) is 9.23 Å². The minimum absolute atomic E-state index is 0.263. The van der Waals surface area contributed by atoms with E-state index in [2.05, 4.69) is 19.7 Å². The first-order valence-corrected chi connectivity index (χ1v) is 12.4. The van der Waals surface area contributed by atoms with Crippen molar-refractivity contribution in [2.45, 2.75) is 38.2 Å². The molecule has 2 rings (SSSR count). The molecule has 0 spiro atoms. The van der Waals surface area contributed by atoms with Gasteiger partial charge in [0.05, 0.1) is 6.10 Å². The molecule has 0 atom stereocenters. The Morgan fingerprint density at radius 3 is 2.50 bits per heavy atom. The molecule has 0 aliphatic heterocycles. The molecule has 0 heterocycles. The van der Waals surface area contributed by atoms with Crippen LogP contribution in [0.1, 0.15) is 32.1 Å². The second-order valence-electron chi connectivity index (χ2n) is 3.75. The van der Waals surface area contributed by atoms with Crippen LogP contribution in [0.25, 0.3) is 0 Å². The minimum atomic E-state index is -0.263. The van der Waals surface area contributed by atoms with E-state index in [0.717, 1.165) is 12.8 Å². The Morgan fingerprint density at radius 1 is 1.25 bits per heavy atom. The third-order valence-electron chi connectivity index (χ3n) is 2.59. The molecule has 1 aromatic rings. The van der Waals surface area contributed by atoms with Gasteiger partial charge >= 0.3 is 30.0 Å². The Hall–Kier alpha value is 0.0534. The van der Waals surface area contributed by atoms with Gasteiger partial charge in [-0.2, -0.15) is 0 Å². The second kappa shape index (κ2) is 8.19. The summed E-state index contributed by atoms with van der Waals surface area (Å²) in [6.45, 7) is 0. The van der Waals surface area contributed by atoms with Gasteiger partial charge in [0.15, 0.2) is 0 Å². The van der Waals surface area contributed by atoms with E-state index in [4.69, 9.17) is 4.74 Å². The van der Waals surface area contributed by atoms with Crippen LogP contribution in [0.5, 0.6) is 5.75 Å². The summed E-state index contributed by atoms with van der Waals surface area (Å²) >= 11 is 4.25. The first kappa shape index (κ1) is 14.1. The Labute approximate surface area is 113 Å². The first-order valence-electron chi connectivity index (χ1n) is 5.45. The summed E-state index contributed by atoms with van der Waals surface area (Å²) < 4.78 is 18.3. The van der Waals surface area contributed by atoms with Crippen molar-refractivity contribution in [2.75, 3.05) is 0 Å². The summed E-state index contributed by atoms with van der Waals surface area (Å²) in [5.74, 6) is 0.402. The van der Waals surface area contributed by atoms with E-state index in [9.17, 15) is 4.39 Å². The van der Waals surface area contributed by atoms with Gasteiger partial charge in [0.25, 0.3) is 0 Å². The van der Waals surface area contributed by atoms with Crippen LogP contribution in [0.3, 0.4) is 0 Å². The Bertz CT molecular complexity index is 286. The fraction of sp³-hybridized carbons (Fsp3) is 0.500. The fourth-order valence-electron chi connectivity index (χ4n) is 1.83. The van der Waals surface area contributed by atoms with Crippen molar-refractivity contribution in [3.05, 3.63) is 30.1 Å². The first-order chi connectivity index (χ1) is 7.84. The maximum atomic E-state index is 12.6. The molecular weight excluding hydrogens is 324 g/mol. The van der Waals surface area contributed by atoms with E-state index < -0.39 is 0 Å². The zero-order valence-corrected chi connectivity index (χ0v) is 13.8. The predicted octanol–water partition coefficient (Wildman–Crippen LogP) is 4.18. The molecule has 0 bridgehead atoms. The van der Waals surface area contributed by atoms with E-state index in [0.29, 0.717) is 11.9 Å². The van der Waals surface area contributed by atoms with Crippen molar-refractivity contribution < 1.29 is 25.5 Å². The van der Waals surface area contributed by atoms with Crippen molar-refractivity contribution >= 4 is 13.6 Å². The summed E-state index contributed by atoms with van der Waals surface area (Å²) in [5, 5.41) is 0. The molecule has 0 unspecified atom stereocenters. The molecule has 0 amide bonds. The predicted molar refractivity (Wildman–Crippen MR) is 61.7 cm³/mol.